The van der Waals surface area contributed by atoms with E-state index < -0.39 is 0 Å². The quantitative estimate of drug-likeness (QED) is 0.839. The van der Waals surface area contributed by atoms with Crippen LogP contribution < -0.4 is 5.32 Å². The normalized spacial score (nSPS) is 10.9. The summed E-state index contributed by atoms with van der Waals surface area (Å²) in [5.74, 6) is -0.0262. The zero-order valence-electron chi connectivity index (χ0n) is 11.9. The Morgan fingerprint density at radius 2 is 2.21 bits per heavy atom. The predicted octanol–water partition coefficient (Wildman–Crippen LogP) is 2.74. The van der Waals surface area contributed by atoms with Gasteiger partial charge in [-0.3, -0.25) is 9.20 Å². The van der Waals surface area contributed by atoms with Crippen LogP contribution in [0.1, 0.15) is 48.4 Å². The Balaban J connectivity index is 2.37. The van der Waals surface area contributed by atoms with E-state index in [0.29, 0.717) is 5.69 Å². The number of carbonyl (C=O) groups is 1. The van der Waals surface area contributed by atoms with E-state index in [4.69, 9.17) is 0 Å². The highest BCUT2D eigenvalue weighted by Gasteiger charge is 2.17. The standard InChI is InChI=1S/C15H21N3O/c1-4-6-8-16-15(19)14-12(5-2)17-13-10-11(3)7-9-18(13)14/h7,9-10H,4-6,8H2,1-3H3,(H,16,19). The van der Waals surface area contributed by atoms with Gasteiger partial charge in [-0.25, -0.2) is 4.98 Å². The monoisotopic (exact) mass is 259 g/mol. The van der Waals surface area contributed by atoms with E-state index in [1.165, 1.54) is 0 Å². The summed E-state index contributed by atoms with van der Waals surface area (Å²) in [6.07, 6.45) is 4.76. The minimum absolute atomic E-state index is 0.0262. The maximum atomic E-state index is 12.3. The third-order valence-electron chi connectivity index (χ3n) is 3.22. The summed E-state index contributed by atoms with van der Waals surface area (Å²) >= 11 is 0. The van der Waals surface area contributed by atoms with Gasteiger partial charge < -0.3 is 5.32 Å². The number of hydrogen-bond donors (Lipinski definition) is 1. The number of carbonyl (C=O) groups excluding carboxylic acids is 1. The first kappa shape index (κ1) is 13.6. The van der Waals surface area contributed by atoms with Crippen LogP contribution in [0.25, 0.3) is 5.65 Å². The summed E-state index contributed by atoms with van der Waals surface area (Å²) in [5.41, 5.74) is 3.53. The number of aromatic nitrogens is 2. The van der Waals surface area contributed by atoms with Crippen molar-refractivity contribution in [3.05, 3.63) is 35.3 Å². The molecule has 19 heavy (non-hydrogen) atoms. The summed E-state index contributed by atoms with van der Waals surface area (Å²) in [6.45, 7) is 6.89. The molecule has 0 aliphatic heterocycles. The van der Waals surface area contributed by atoms with Crippen LogP contribution in [0, 0.1) is 6.92 Å². The highest BCUT2D eigenvalue weighted by Crippen LogP contribution is 2.15. The summed E-state index contributed by atoms with van der Waals surface area (Å²) in [4.78, 5) is 16.8. The van der Waals surface area contributed by atoms with Gasteiger partial charge in [0.05, 0.1) is 5.69 Å². The number of aryl methyl sites for hydroxylation is 2. The van der Waals surface area contributed by atoms with Gasteiger partial charge in [0.2, 0.25) is 0 Å². The van der Waals surface area contributed by atoms with Gasteiger partial charge in [-0.1, -0.05) is 20.3 Å². The van der Waals surface area contributed by atoms with Crippen molar-refractivity contribution >= 4 is 11.6 Å². The average Bonchev–Trinajstić information content (AvgIpc) is 2.76. The Kier molecular flexibility index (Phi) is 4.20. The van der Waals surface area contributed by atoms with Gasteiger partial charge in [0.25, 0.3) is 5.91 Å². The zero-order chi connectivity index (χ0) is 13.8. The lowest BCUT2D eigenvalue weighted by Gasteiger charge is -2.06. The molecular weight excluding hydrogens is 238 g/mol. The molecule has 2 heterocycles. The summed E-state index contributed by atoms with van der Waals surface area (Å²) in [7, 11) is 0. The molecule has 0 saturated carbocycles. The number of fused-ring (bicyclic) bond motifs is 1. The molecule has 4 nitrogen and oxygen atoms in total. The maximum Gasteiger partial charge on any atom is 0.270 e. The van der Waals surface area contributed by atoms with E-state index in [1.807, 2.05) is 36.6 Å². The average molecular weight is 259 g/mol. The van der Waals surface area contributed by atoms with Crippen LogP contribution in [0.15, 0.2) is 18.3 Å². The highest BCUT2D eigenvalue weighted by molar-refractivity contribution is 5.94. The van der Waals surface area contributed by atoms with Gasteiger partial charge in [0, 0.05) is 12.7 Å². The largest absolute Gasteiger partial charge is 0.351 e. The second-order valence-corrected chi connectivity index (χ2v) is 4.80. The van der Waals surface area contributed by atoms with Gasteiger partial charge >= 0.3 is 0 Å². The number of pyridine rings is 1. The summed E-state index contributed by atoms with van der Waals surface area (Å²) in [5, 5.41) is 2.97. The van der Waals surface area contributed by atoms with Crippen molar-refractivity contribution in [3.63, 3.8) is 0 Å². The SMILES string of the molecule is CCCCNC(=O)c1c(CC)nc2cc(C)ccn12. The minimum atomic E-state index is -0.0262. The third kappa shape index (κ3) is 2.78. The van der Waals surface area contributed by atoms with E-state index in [2.05, 4.69) is 17.2 Å². The molecule has 0 atom stereocenters. The number of hydrogen-bond acceptors (Lipinski definition) is 2. The van der Waals surface area contributed by atoms with Gasteiger partial charge in [-0.05, 0) is 37.5 Å². The van der Waals surface area contributed by atoms with Crippen molar-refractivity contribution in [2.75, 3.05) is 6.54 Å². The van der Waals surface area contributed by atoms with E-state index in [1.54, 1.807) is 0 Å². The second-order valence-electron chi connectivity index (χ2n) is 4.80. The first-order chi connectivity index (χ1) is 9.17. The minimum Gasteiger partial charge on any atom is -0.351 e. The van der Waals surface area contributed by atoms with E-state index in [0.717, 1.165) is 42.7 Å². The molecule has 1 N–H and O–H groups in total. The molecule has 0 unspecified atom stereocenters. The van der Waals surface area contributed by atoms with Crippen LogP contribution in [0.4, 0.5) is 0 Å². The van der Waals surface area contributed by atoms with Gasteiger partial charge in [-0.2, -0.15) is 0 Å². The molecule has 2 rings (SSSR count). The molecule has 4 heteroatoms. The molecule has 0 saturated heterocycles. The number of amides is 1. The van der Waals surface area contributed by atoms with Crippen LogP contribution in [-0.2, 0) is 6.42 Å². The number of imidazole rings is 1. The van der Waals surface area contributed by atoms with Crippen LogP contribution in [0.3, 0.4) is 0 Å². The number of unbranched alkanes of at least 4 members (excludes halogenated alkanes) is 1. The first-order valence-corrected chi connectivity index (χ1v) is 6.93. The Hall–Kier alpha value is -1.84. The highest BCUT2D eigenvalue weighted by atomic mass is 16.1. The molecule has 0 aliphatic carbocycles. The van der Waals surface area contributed by atoms with Crippen molar-refractivity contribution in [1.29, 1.82) is 0 Å². The second kappa shape index (κ2) is 5.87. The van der Waals surface area contributed by atoms with Crippen LogP contribution in [0.2, 0.25) is 0 Å². The van der Waals surface area contributed by atoms with E-state index >= 15 is 0 Å². The third-order valence-corrected chi connectivity index (χ3v) is 3.22. The van der Waals surface area contributed by atoms with Crippen molar-refractivity contribution in [2.45, 2.75) is 40.0 Å². The zero-order valence-corrected chi connectivity index (χ0v) is 11.9. The molecule has 0 spiro atoms. The molecule has 0 aromatic carbocycles. The summed E-state index contributed by atoms with van der Waals surface area (Å²) < 4.78 is 1.88. The van der Waals surface area contributed by atoms with E-state index in [-0.39, 0.29) is 5.91 Å². The molecule has 0 fully saturated rings. The van der Waals surface area contributed by atoms with Gasteiger partial charge in [0.1, 0.15) is 11.3 Å². The van der Waals surface area contributed by atoms with Crippen molar-refractivity contribution in [1.82, 2.24) is 14.7 Å². The smallest absolute Gasteiger partial charge is 0.270 e. The van der Waals surface area contributed by atoms with Crippen molar-refractivity contribution < 1.29 is 4.79 Å². The van der Waals surface area contributed by atoms with Crippen molar-refractivity contribution in [2.24, 2.45) is 0 Å². The fourth-order valence-electron chi connectivity index (χ4n) is 2.14. The lowest BCUT2D eigenvalue weighted by atomic mass is 10.2. The molecule has 102 valence electrons. The Labute approximate surface area is 113 Å². The van der Waals surface area contributed by atoms with Gasteiger partial charge in [0.15, 0.2) is 0 Å². The lowest BCUT2D eigenvalue weighted by Crippen LogP contribution is -2.26. The molecule has 0 bridgehead atoms. The summed E-state index contributed by atoms with van der Waals surface area (Å²) in [6, 6.07) is 4.00. The topological polar surface area (TPSA) is 46.4 Å². The molecular formula is C15H21N3O. The van der Waals surface area contributed by atoms with E-state index in [9.17, 15) is 4.79 Å². The van der Waals surface area contributed by atoms with Crippen LogP contribution in [0.5, 0.6) is 0 Å². The lowest BCUT2D eigenvalue weighted by molar-refractivity contribution is 0.0946. The molecule has 2 aromatic heterocycles. The number of nitrogens with zero attached hydrogens (tertiary/aromatic N) is 2. The molecule has 0 radical (unpaired) electrons. The fraction of sp³-hybridized carbons (Fsp3) is 0.467. The predicted molar refractivity (Wildman–Crippen MR) is 76.5 cm³/mol. The Morgan fingerprint density at radius 1 is 1.42 bits per heavy atom. The van der Waals surface area contributed by atoms with Crippen LogP contribution >= 0.6 is 0 Å². The van der Waals surface area contributed by atoms with Crippen LogP contribution in [-0.4, -0.2) is 21.8 Å². The molecule has 1 amide bonds. The fourth-order valence-corrected chi connectivity index (χ4v) is 2.14. The first-order valence-electron chi connectivity index (χ1n) is 6.93. The maximum absolute atomic E-state index is 12.3. The number of rotatable bonds is 5. The Bertz CT molecular complexity index is 586. The number of nitrogens with one attached hydrogen (secondary N) is 1. The Morgan fingerprint density at radius 3 is 2.89 bits per heavy atom. The molecule has 2 aromatic rings. The molecule has 0 aliphatic rings. The van der Waals surface area contributed by atoms with Crippen molar-refractivity contribution in [3.8, 4) is 0 Å². The van der Waals surface area contributed by atoms with Gasteiger partial charge in [-0.15, -0.1) is 0 Å².